The van der Waals surface area contributed by atoms with Crippen LogP contribution in [0.15, 0.2) is 91.0 Å². The number of amides is 1. The van der Waals surface area contributed by atoms with Crippen LogP contribution in [-0.4, -0.2) is 42.0 Å². The molecule has 0 saturated heterocycles. The van der Waals surface area contributed by atoms with E-state index in [9.17, 15) is 19.5 Å². The van der Waals surface area contributed by atoms with Gasteiger partial charge in [0, 0.05) is 43.4 Å². The van der Waals surface area contributed by atoms with Gasteiger partial charge in [-0.25, -0.2) is 9.78 Å². The molecule has 5 rings (SSSR count). The Bertz CT molecular complexity index is 1850. The summed E-state index contributed by atoms with van der Waals surface area (Å²) in [6.45, 7) is 8.07. The molecule has 0 bridgehead atoms. The third-order valence-corrected chi connectivity index (χ3v) is 8.79. The van der Waals surface area contributed by atoms with Gasteiger partial charge < -0.3 is 9.67 Å². The maximum Gasteiger partial charge on any atom is 0.336 e. The summed E-state index contributed by atoms with van der Waals surface area (Å²) in [5.74, 6) is -0.234. The van der Waals surface area contributed by atoms with Crippen LogP contribution in [0.1, 0.15) is 70.4 Å². The van der Waals surface area contributed by atoms with Gasteiger partial charge in [0.05, 0.1) is 16.6 Å². The predicted molar refractivity (Wildman–Crippen MR) is 180 cm³/mol. The molecule has 230 valence electrons. The van der Waals surface area contributed by atoms with Crippen molar-refractivity contribution in [3.05, 3.63) is 125 Å². The van der Waals surface area contributed by atoms with Crippen LogP contribution in [0.3, 0.4) is 0 Å². The average molecular weight is 620 g/mol. The van der Waals surface area contributed by atoms with E-state index in [-0.39, 0.29) is 22.6 Å². The number of carboxylic acid groups (broad SMARTS) is 1. The van der Waals surface area contributed by atoms with Gasteiger partial charge in [-0.15, -0.1) is 0 Å². The highest BCUT2D eigenvalue weighted by Gasteiger charge is 2.26. The highest BCUT2D eigenvalue weighted by Crippen LogP contribution is 2.29. The number of rotatable bonds is 10. The topological polar surface area (TPSA) is 92.5 Å². The van der Waals surface area contributed by atoms with Gasteiger partial charge in [0.1, 0.15) is 5.82 Å². The Morgan fingerprint density at radius 3 is 2.29 bits per heavy atom. The molecule has 1 heterocycles. The second kappa shape index (κ2) is 13.9. The number of hydrogen-bond donors (Lipinski definition) is 1. The highest BCUT2D eigenvalue weighted by molar-refractivity contribution is 8.12. The summed E-state index contributed by atoms with van der Waals surface area (Å²) in [6, 6.07) is 28.4. The van der Waals surface area contributed by atoms with Crippen LogP contribution in [0, 0.1) is 6.92 Å². The molecular weight excluding hydrogens is 582 g/mol. The summed E-state index contributed by atoms with van der Waals surface area (Å²) in [4.78, 5) is 43.0. The largest absolute Gasteiger partial charge is 0.478 e. The number of aryl methyl sites for hydroxylation is 2. The molecule has 7 nitrogen and oxygen atoms in total. The van der Waals surface area contributed by atoms with Gasteiger partial charge in [-0.05, 0) is 72.7 Å². The first-order valence-electron chi connectivity index (χ1n) is 15.1. The number of aromatic nitrogens is 2. The fraction of sp³-hybridized carbons (Fsp3) is 0.243. The predicted octanol–water partition coefficient (Wildman–Crippen LogP) is 7.98. The minimum atomic E-state index is -0.959. The van der Waals surface area contributed by atoms with E-state index in [1.54, 1.807) is 16.4 Å². The summed E-state index contributed by atoms with van der Waals surface area (Å²) in [5, 5.41) is 9.49. The van der Waals surface area contributed by atoms with E-state index in [4.69, 9.17) is 4.98 Å². The van der Waals surface area contributed by atoms with Gasteiger partial charge in [-0.2, -0.15) is 0 Å². The molecule has 4 aromatic carbocycles. The number of imidazole rings is 1. The SMILES string of the molecule is CCCc1nc2c(C)cc(C(=O)N(SC(C)=O)C(C)Cc3ccccc3)cc2n1Cc1ccc(-c2ccccc2C(=O)O)cc1. The number of benzene rings is 4. The van der Waals surface area contributed by atoms with Crippen LogP contribution < -0.4 is 0 Å². The quantitative estimate of drug-likeness (QED) is 0.159. The Labute approximate surface area is 268 Å². The first kappa shape index (κ1) is 31.7. The van der Waals surface area contributed by atoms with Crippen LogP contribution in [0.25, 0.3) is 22.2 Å². The maximum absolute atomic E-state index is 14.0. The summed E-state index contributed by atoms with van der Waals surface area (Å²) in [7, 11) is 0. The fourth-order valence-corrected chi connectivity index (χ4v) is 6.40. The fourth-order valence-electron chi connectivity index (χ4n) is 5.68. The zero-order chi connectivity index (χ0) is 32.1. The molecule has 0 radical (unpaired) electrons. The van der Waals surface area contributed by atoms with E-state index in [2.05, 4.69) is 11.5 Å². The second-order valence-electron chi connectivity index (χ2n) is 11.3. The molecule has 0 spiro atoms. The minimum Gasteiger partial charge on any atom is -0.478 e. The maximum atomic E-state index is 14.0. The number of carboxylic acids is 1. The standard InChI is InChI=1S/C37H37N3O4S/c1-5-11-34-38-35-24(2)20-30(36(42)40(45-26(4)41)25(3)21-27-12-7-6-8-13-27)22-33(35)39(34)23-28-16-18-29(19-17-28)31-14-9-10-15-32(31)37(43)44/h6-10,12-20,22,25H,5,11,21,23H2,1-4H3,(H,43,44). The van der Waals surface area contributed by atoms with Crippen molar-refractivity contribution < 1.29 is 19.5 Å². The van der Waals surface area contributed by atoms with E-state index in [1.165, 1.54) is 6.92 Å². The van der Waals surface area contributed by atoms with Crippen molar-refractivity contribution in [3.8, 4) is 11.1 Å². The van der Waals surface area contributed by atoms with Crippen LogP contribution in [-0.2, 0) is 24.2 Å². The Hall–Kier alpha value is -4.69. The third-order valence-electron chi connectivity index (χ3n) is 7.81. The Morgan fingerprint density at radius 1 is 0.933 bits per heavy atom. The normalized spacial score (nSPS) is 11.8. The van der Waals surface area contributed by atoms with E-state index in [0.717, 1.165) is 63.9 Å². The Kier molecular flexibility index (Phi) is 9.83. The summed E-state index contributed by atoms with van der Waals surface area (Å²) in [6.07, 6.45) is 2.32. The van der Waals surface area contributed by atoms with Crippen molar-refractivity contribution in [1.29, 1.82) is 0 Å². The van der Waals surface area contributed by atoms with Gasteiger partial charge >= 0.3 is 5.97 Å². The first-order valence-corrected chi connectivity index (χ1v) is 15.9. The van der Waals surface area contributed by atoms with Crippen molar-refractivity contribution in [2.24, 2.45) is 0 Å². The van der Waals surface area contributed by atoms with Crippen LogP contribution in [0.2, 0.25) is 0 Å². The van der Waals surface area contributed by atoms with E-state index < -0.39 is 5.97 Å². The molecule has 1 N–H and O–H groups in total. The molecule has 1 aromatic heterocycles. The van der Waals surface area contributed by atoms with Crippen molar-refractivity contribution in [3.63, 3.8) is 0 Å². The molecule has 0 saturated carbocycles. The summed E-state index contributed by atoms with van der Waals surface area (Å²) >= 11 is 0.949. The van der Waals surface area contributed by atoms with Crippen molar-refractivity contribution in [2.75, 3.05) is 0 Å². The number of nitrogens with zero attached hydrogens (tertiary/aromatic N) is 3. The highest BCUT2D eigenvalue weighted by atomic mass is 32.2. The van der Waals surface area contributed by atoms with Crippen molar-refractivity contribution >= 4 is 40.0 Å². The molecule has 1 atom stereocenters. The smallest absolute Gasteiger partial charge is 0.336 e. The molecule has 5 aromatic rings. The monoisotopic (exact) mass is 619 g/mol. The molecule has 0 aliphatic heterocycles. The van der Waals surface area contributed by atoms with Gasteiger partial charge in [0.15, 0.2) is 0 Å². The summed E-state index contributed by atoms with van der Waals surface area (Å²) in [5.41, 5.74) is 7.02. The second-order valence-corrected chi connectivity index (χ2v) is 12.5. The number of aromatic carboxylic acids is 1. The summed E-state index contributed by atoms with van der Waals surface area (Å²) < 4.78 is 3.76. The number of carbonyl (C=O) groups is 3. The van der Waals surface area contributed by atoms with Crippen LogP contribution in [0.4, 0.5) is 0 Å². The van der Waals surface area contributed by atoms with E-state index in [1.807, 2.05) is 92.7 Å². The number of carbonyl (C=O) groups excluding carboxylic acids is 2. The van der Waals surface area contributed by atoms with E-state index >= 15 is 0 Å². The molecule has 45 heavy (non-hydrogen) atoms. The number of fused-ring (bicyclic) bond motifs is 1. The van der Waals surface area contributed by atoms with Crippen LogP contribution in [0.5, 0.6) is 0 Å². The molecule has 8 heteroatoms. The Balaban J connectivity index is 1.50. The lowest BCUT2D eigenvalue weighted by atomic mass is 9.98. The van der Waals surface area contributed by atoms with Crippen molar-refractivity contribution in [1.82, 2.24) is 13.9 Å². The average Bonchev–Trinajstić information content (AvgIpc) is 3.37. The zero-order valence-electron chi connectivity index (χ0n) is 26.0. The Morgan fingerprint density at radius 2 is 1.62 bits per heavy atom. The molecule has 0 aliphatic carbocycles. The lowest BCUT2D eigenvalue weighted by Gasteiger charge is -2.27. The van der Waals surface area contributed by atoms with Crippen molar-refractivity contribution in [2.45, 2.75) is 59.5 Å². The van der Waals surface area contributed by atoms with Gasteiger partial charge in [0.2, 0.25) is 5.12 Å². The molecule has 0 aliphatic rings. The molecule has 0 fully saturated rings. The van der Waals surface area contributed by atoms with Gasteiger partial charge in [-0.1, -0.05) is 79.7 Å². The third kappa shape index (κ3) is 7.18. The van der Waals surface area contributed by atoms with Gasteiger partial charge in [0.25, 0.3) is 5.91 Å². The lowest BCUT2D eigenvalue weighted by Crippen LogP contribution is -2.35. The molecular formula is C37H37N3O4S. The minimum absolute atomic E-state index is 0.147. The van der Waals surface area contributed by atoms with Gasteiger partial charge in [-0.3, -0.25) is 13.9 Å². The van der Waals surface area contributed by atoms with E-state index in [0.29, 0.717) is 24.1 Å². The number of hydrogen-bond acceptors (Lipinski definition) is 5. The van der Waals surface area contributed by atoms with Crippen LogP contribution >= 0.6 is 11.9 Å². The first-order chi connectivity index (χ1) is 21.7. The molecule has 1 amide bonds. The zero-order valence-corrected chi connectivity index (χ0v) is 26.8. The molecule has 1 unspecified atom stereocenters. The lowest BCUT2D eigenvalue weighted by molar-refractivity contribution is -0.109.